The van der Waals surface area contributed by atoms with Gasteiger partial charge in [-0.2, -0.15) is 0 Å². The molecular weight excluding hydrogens is 390 g/mol. The summed E-state index contributed by atoms with van der Waals surface area (Å²) in [5, 5.41) is 4.90. The first-order valence-electron chi connectivity index (χ1n) is 7.74. The Bertz CT molecular complexity index is 726. The number of amides is 1. The molecule has 1 aromatic carbocycles. The summed E-state index contributed by atoms with van der Waals surface area (Å²) in [5.74, 6) is 0.462. The van der Waals surface area contributed by atoms with Crippen LogP contribution in [-0.2, 0) is 0 Å². The van der Waals surface area contributed by atoms with Crippen molar-refractivity contribution >= 4 is 44.5 Å². The largest absolute Gasteiger partial charge is 0.495 e. The lowest BCUT2D eigenvalue weighted by Gasteiger charge is -2.35. The summed E-state index contributed by atoms with van der Waals surface area (Å²) in [6, 6.07) is 7.82. The molecule has 2 aromatic rings. The summed E-state index contributed by atoms with van der Waals surface area (Å²) < 4.78 is 6.19. The number of piperazine rings is 1. The first kappa shape index (κ1) is 17.3. The summed E-state index contributed by atoms with van der Waals surface area (Å²) in [6.45, 7) is 3.93. The van der Waals surface area contributed by atoms with Crippen molar-refractivity contribution in [1.29, 1.82) is 0 Å². The summed E-state index contributed by atoms with van der Waals surface area (Å²) in [7, 11) is 3.71. The van der Waals surface area contributed by atoms with E-state index in [0.717, 1.165) is 42.0 Å². The first-order chi connectivity index (χ1) is 11.6. The molecule has 0 unspecified atom stereocenters. The van der Waals surface area contributed by atoms with Crippen LogP contribution in [0.4, 0.5) is 11.4 Å². The quantitative estimate of drug-likeness (QED) is 0.838. The molecule has 1 saturated heterocycles. The summed E-state index contributed by atoms with van der Waals surface area (Å²) >= 11 is 4.87. The second kappa shape index (κ2) is 7.55. The number of nitrogens with zero attached hydrogens (tertiary/aromatic N) is 2. The highest BCUT2D eigenvalue weighted by Crippen LogP contribution is 2.32. The van der Waals surface area contributed by atoms with Crippen LogP contribution in [0, 0.1) is 0 Å². The molecule has 1 amide bonds. The Kier molecular flexibility index (Phi) is 5.43. The number of carbonyl (C=O) groups excluding carboxylic acids is 1. The Morgan fingerprint density at radius 3 is 2.71 bits per heavy atom. The van der Waals surface area contributed by atoms with Crippen LogP contribution in [0.3, 0.4) is 0 Å². The number of likely N-dealkylation sites (N-methyl/N-ethyl adjacent to an activating group) is 1. The van der Waals surface area contributed by atoms with Crippen LogP contribution in [0.2, 0.25) is 0 Å². The number of nitrogens with one attached hydrogen (secondary N) is 1. The van der Waals surface area contributed by atoms with Crippen LogP contribution in [0.25, 0.3) is 0 Å². The molecule has 24 heavy (non-hydrogen) atoms. The predicted molar refractivity (Wildman–Crippen MR) is 103 cm³/mol. The van der Waals surface area contributed by atoms with E-state index in [1.165, 1.54) is 11.3 Å². The van der Waals surface area contributed by atoms with Gasteiger partial charge < -0.3 is 19.9 Å². The van der Waals surface area contributed by atoms with E-state index in [0.29, 0.717) is 10.6 Å². The zero-order chi connectivity index (χ0) is 17.1. The number of hydrogen-bond acceptors (Lipinski definition) is 5. The van der Waals surface area contributed by atoms with Gasteiger partial charge in [0, 0.05) is 30.7 Å². The van der Waals surface area contributed by atoms with Gasteiger partial charge in [0.2, 0.25) is 0 Å². The van der Waals surface area contributed by atoms with Gasteiger partial charge in [0.05, 0.1) is 18.5 Å². The fourth-order valence-corrected chi connectivity index (χ4v) is 3.85. The molecule has 1 fully saturated rings. The van der Waals surface area contributed by atoms with Gasteiger partial charge >= 0.3 is 0 Å². The lowest BCUT2D eigenvalue weighted by atomic mass is 10.2. The van der Waals surface area contributed by atoms with Gasteiger partial charge in [-0.1, -0.05) is 15.9 Å². The topological polar surface area (TPSA) is 44.8 Å². The zero-order valence-electron chi connectivity index (χ0n) is 13.7. The molecule has 1 aromatic heterocycles. The Morgan fingerprint density at radius 1 is 1.25 bits per heavy atom. The average Bonchev–Trinajstić information content (AvgIpc) is 3.05. The monoisotopic (exact) mass is 409 g/mol. The standard InChI is InChI=1S/C17H20BrN3O2S/c1-20-6-8-21(9-7-20)14-4-3-12(18)11-13(14)19-17(22)16-15(23-2)5-10-24-16/h3-5,10-11H,6-9H2,1-2H3,(H,19,22). The number of anilines is 2. The molecule has 1 N–H and O–H groups in total. The lowest BCUT2D eigenvalue weighted by Crippen LogP contribution is -2.44. The van der Waals surface area contributed by atoms with Crippen molar-refractivity contribution in [2.24, 2.45) is 0 Å². The van der Waals surface area contributed by atoms with Gasteiger partial charge in [0.25, 0.3) is 5.91 Å². The Labute approximate surface area is 154 Å². The highest BCUT2D eigenvalue weighted by molar-refractivity contribution is 9.10. The number of thiophene rings is 1. The first-order valence-corrected chi connectivity index (χ1v) is 9.41. The minimum atomic E-state index is -0.143. The molecule has 0 atom stereocenters. The number of rotatable bonds is 4. The Morgan fingerprint density at radius 2 is 2.00 bits per heavy atom. The van der Waals surface area contributed by atoms with E-state index in [4.69, 9.17) is 4.74 Å². The second-order valence-electron chi connectivity index (χ2n) is 5.72. The van der Waals surface area contributed by atoms with Gasteiger partial charge in [0.1, 0.15) is 10.6 Å². The molecule has 0 saturated carbocycles. The van der Waals surface area contributed by atoms with Crippen molar-refractivity contribution in [3.05, 3.63) is 39.0 Å². The highest BCUT2D eigenvalue weighted by atomic mass is 79.9. The maximum Gasteiger partial charge on any atom is 0.269 e. The molecule has 0 radical (unpaired) electrons. The summed E-state index contributed by atoms with van der Waals surface area (Å²) in [6.07, 6.45) is 0. The maximum atomic E-state index is 12.6. The molecular formula is C17H20BrN3O2S. The van der Waals surface area contributed by atoms with E-state index in [1.807, 2.05) is 23.6 Å². The van der Waals surface area contributed by atoms with Gasteiger partial charge in [-0.25, -0.2) is 0 Å². The van der Waals surface area contributed by atoms with Crippen molar-refractivity contribution < 1.29 is 9.53 Å². The Hall–Kier alpha value is -1.57. The third-order valence-electron chi connectivity index (χ3n) is 4.11. The molecule has 0 bridgehead atoms. The van der Waals surface area contributed by atoms with E-state index in [1.54, 1.807) is 7.11 Å². The smallest absolute Gasteiger partial charge is 0.269 e. The average molecular weight is 410 g/mol. The van der Waals surface area contributed by atoms with E-state index < -0.39 is 0 Å². The minimum Gasteiger partial charge on any atom is -0.495 e. The van der Waals surface area contributed by atoms with E-state index >= 15 is 0 Å². The van der Waals surface area contributed by atoms with E-state index in [-0.39, 0.29) is 5.91 Å². The van der Waals surface area contributed by atoms with E-state index in [9.17, 15) is 4.79 Å². The third kappa shape index (κ3) is 3.74. The van der Waals surface area contributed by atoms with Crippen LogP contribution in [0.15, 0.2) is 34.1 Å². The van der Waals surface area contributed by atoms with Crippen LogP contribution >= 0.6 is 27.3 Å². The lowest BCUT2D eigenvalue weighted by molar-refractivity contribution is 0.102. The number of halogens is 1. The van der Waals surface area contributed by atoms with Crippen LogP contribution in [-0.4, -0.2) is 51.1 Å². The SMILES string of the molecule is COc1ccsc1C(=O)Nc1cc(Br)ccc1N1CCN(C)CC1. The number of benzene rings is 1. The summed E-state index contributed by atoms with van der Waals surface area (Å²) in [4.78, 5) is 17.8. The molecule has 0 spiro atoms. The summed E-state index contributed by atoms with van der Waals surface area (Å²) in [5.41, 5.74) is 1.87. The molecule has 5 nitrogen and oxygen atoms in total. The van der Waals surface area contributed by atoms with Crippen molar-refractivity contribution in [3.63, 3.8) is 0 Å². The van der Waals surface area contributed by atoms with Crippen LogP contribution in [0.1, 0.15) is 9.67 Å². The molecule has 1 aliphatic heterocycles. The molecule has 2 heterocycles. The van der Waals surface area contributed by atoms with Crippen molar-refractivity contribution in [2.45, 2.75) is 0 Å². The normalized spacial score (nSPS) is 15.4. The number of hydrogen-bond donors (Lipinski definition) is 1. The van der Waals surface area contributed by atoms with E-state index in [2.05, 4.69) is 44.2 Å². The Balaban J connectivity index is 1.84. The minimum absolute atomic E-state index is 0.143. The maximum absolute atomic E-state index is 12.6. The van der Waals surface area contributed by atoms with Gasteiger partial charge in [-0.3, -0.25) is 4.79 Å². The van der Waals surface area contributed by atoms with Gasteiger partial charge in [0.15, 0.2) is 0 Å². The fourth-order valence-electron chi connectivity index (χ4n) is 2.73. The fraction of sp³-hybridized carbons (Fsp3) is 0.353. The number of carbonyl (C=O) groups is 1. The van der Waals surface area contributed by atoms with Crippen LogP contribution < -0.4 is 15.0 Å². The van der Waals surface area contributed by atoms with Gasteiger partial charge in [-0.15, -0.1) is 11.3 Å². The molecule has 0 aliphatic carbocycles. The molecule has 128 valence electrons. The molecule has 3 rings (SSSR count). The van der Waals surface area contributed by atoms with Crippen molar-refractivity contribution in [2.75, 3.05) is 50.6 Å². The van der Waals surface area contributed by atoms with Crippen molar-refractivity contribution in [1.82, 2.24) is 4.90 Å². The highest BCUT2D eigenvalue weighted by Gasteiger charge is 2.20. The van der Waals surface area contributed by atoms with Crippen LogP contribution in [0.5, 0.6) is 5.75 Å². The second-order valence-corrected chi connectivity index (χ2v) is 7.56. The molecule has 7 heteroatoms. The van der Waals surface area contributed by atoms with Gasteiger partial charge in [-0.05, 0) is 36.7 Å². The van der Waals surface area contributed by atoms with Crippen molar-refractivity contribution in [3.8, 4) is 5.75 Å². The number of ether oxygens (including phenoxy) is 1. The molecule has 1 aliphatic rings. The zero-order valence-corrected chi connectivity index (χ0v) is 16.1. The third-order valence-corrected chi connectivity index (χ3v) is 5.49. The number of methoxy groups -OCH3 is 1. The predicted octanol–water partition coefficient (Wildman–Crippen LogP) is 3.52.